The predicted octanol–water partition coefficient (Wildman–Crippen LogP) is 3.30. The number of anilines is 2. The number of hydrogen-bond donors (Lipinski definition) is 2. The van der Waals surface area contributed by atoms with Gasteiger partial charge in [-0.2, -0.15) is 0 Å². The van der Waals surface area contributed by atoms with Gasteiger partial charge in [-0.15, -0.1) is 0 Å². The van der Waals surface area contributed by atoms with Crippen molar-refractivity contribution < 1.29 is 4.79 Å². The molecule has 1 unspecified atom stereocenters. The van der Waals surface area contributed by atoms with Crippen LogP contribution < -0.4 is 11.1 Å². The molecule has 1 aromatic rings. The van der Waals surface area contributed by atoms with E-state index in [0.717, 1.165) is 6.42 Å². The van der Waals surface area contributed by atoms with E-state index in [2.05, 4.69) is 12.2 Å². The van der Waals surface area contributed by atoms with Crippen LogP contribution in [0.15, 0.2) is 18.2 Å². The molecule has 0 bridgehead atoms. The molecule has 0 aromatic heterocycles. The van der Waals surface area contributed by atoms with E-state index in [-0.39, 0.29) is 5.91 Å². The number of nitrogen functional groups attached to an aromatic ring is 1. The Balaban J connectivity index is 2.63. The summed E-state index contributed by atoms with van der Waals surface area (Å²) in [6.45, 7) is 4.11. The quantitative estimate of drug-likeness (QED) is 0.794. The van der Waals surface area contributed by atoms with Crippen LogP contribution in [-0.2, 0) is 4.79 Å². The number of carbonyl (C=O) groups excluding carboxylic acids is 1. The minimum atomic E-state index is -0.0129. The van der Waals surface area contributed by atoms with Crippen LogP contribution in [0.2, 0.25) is 5.02 Å². The van der Waals surface area contributed by atoms with Crippen molar-refractivity contribution in [2.75, 3.05) is 11.1 Å². The van der Waals surface area contributed by atoms with Crippen LogP contribution in [0.5, 0.6) is 0 Å². The highest BCUT2D eigenvalue weighted by Gasteiger charge is 2.09. The van der Waals surface area contributed by atoms with Gasteiger partial charge in [-0.3, -0.25) is 4.79 Å². The number of carbonyl (C=O) groups is 1. The number of nitrogens with two attached hydrogens (primary N) is 1. The number of benzene rings is 1. The fourth-order valence-electron chi connectivity index (χ4n) is 1.29. The summed E-state index contributed by atoms with van der Waals surface area (Å²) in [5.41, 5.74) is 6.77. The van der Waals surface area contributed by atoms with E-state index in [0.29, 0.717) is 28.7 Å². The largest absolute Gasteiger partial charge is 0.399 e. The molecule has 0 aliphatic carbocycles. The van der Waals surface area contributed by atoms with Crippen molar-refractivity contribution in [3.05, 3.63) is 23.2 Å². The fourth-order valence-corrected chi connectivity index (χ4v) is 1.53. The Labute approximate surface area is 101 Å². The summed E-state index contributed by atoms with van der Waals surface area (Å²) < 4.78 is 0. The Morgan fingerprint density at radius 3 is 2.81 bits per heavy atom. The minimum absolute atomic E-state index is 0.0129. The molecule has 0 radical (unpaired) electrons. The zero-order valence-electron chi connectivity index (χ0n) is 9.59. The van der Waals surface area contributed by atoms with Crippen molar-refractivity contribution in [2.45, 2.75) is 26.7 Å². The van der Waals surface area contributed by atoms with Gasteiger partial charge in [-0.25, -0.2) is 0 Å². The molecule has 0 saturated heterocycles. The van der Waals surface area contributed by atoms with E-state index >= 15 is 0 Å². The first-order valence-corrected chi connectivity index (χ1v) is 5.75. The molecular formula is C12H17ClN2O. The van der Waals surface area contributed by atoms with Crippen molar-refractivity contribution >= 4 is 28.9 Å². The summed E-state index contributed by atoms with van der Waals surface area (Å²) in [7, 11) is 0. The van der Waals surface area contributed by atoms with Gasteiger partial charge in [0, 0.05) is 12.1 Å². The van der Waals surface area contributed by atoms with Gasteiger partial charge in [0.15, 0.2) is 0 Å². The number of halogens is 1. The third-order valence-corrected chi connectivity index (χ3v) is 2.81. The zero-order chi connectivity index (χ0) is 12.1. The van der Waals surface area contributed by atoms with Gasteiger partial charge in [0.05, 0.1) is 10.7 Å². The SMILES string of the molecule is CCC(C)CC(=O)Nc1ccc(N)cc1Cl. The molecule has 3 nitrogen and oxygen atoms in total. The molecule has 0 aliphatic heterocycles. The summed E-state index contributed by atoms with van der Waals surface area (Å²) in [6, 6.07) is 5.05. The maximum atomic E-state index is 11.6. The molecule has 1 aromatic carbocycles. The molecule has 4 heteroatoms. The lowest BCUT2D eigenvalue weighted by atomic mass is 10.1. The number of hydrogen-bond acceptors (Lipinski definition) is 2. The van der Waals surface area contributed by atoms with Crippen LogP contribution in [0.4, 0.5) is 11.4 Å². The lowest BCUT2D eigenvalue weighted by molar-refractivity contribution is -0.117. The van der Waals surface area contributed by atoms with Crippen LogP contribution in [0.1, 0.15) is 26.7 Å². The average molecular weight is 241 g/mol. The Bertz CT molecular complexity index is 379. The van der Waals surface area contributed by atoms with Crippen LogP contribution in [-0.4, -0.2) is 5.91 Å². The first-order chi connectivity index (χ1) is 7.52. The highest BCUT2D eigenvalue weighted by Crippen LogP contribution is 2.24. The summed E-state index contributed by atoms with van der Waals surface area (Å²) in [5.74, 6) is 0.369. The molecule has 1 rings (SSSR count). The molecule has 0 heterocycles. The Morgan fingerprint density at radius 2 is 2.25 bits per heavy atom. The maximum Gasteiger partial charge on any atom is 0.224 e. The van der Waals surface area contributed by atoms with E-state index in [1.165, 1.54) is 0 Å². The lowest BCUT2D eigenvalue weighted by Crippen LogP contribution is -2.15. The molecular weight excluding hydrogens is 224 g/mol. The van der Waals surface area contributed by atoms with Crippen molar-refractivity contribution in [3.63, 3.8) is 0 Å². The van der Waals surface area contributed by atoms with Gasteiger partial charge < -0.3 is 11.1 Å². The molecule has 1 amide bonds. The normalized spacial score (nSPS) is 12.2. The van der Waals surface area contributed by atoms with Gasteiger partial charge in [0.2, 0.25) is 5.91 Å². The molecule has 16 heavy (non-hydrogen) atoms. The monoisotopic (exact) mass is 240 g/mol. The van der Waals surface area contributed by atoms with Gasteiger partial charge in [-0.1, -0.05) is 31.9 Å². The second-order valence-electron chi connectivity index (χ2n) is 4.01. The molecule has 1 atom stereocenters. The van der Waals surface area contributed by atoms with E-state index in [1.807, 2.05) is 6.92 Å². The van der Waals surface area contributed by atoms with E-state index < -0.39 is 0 Å². The summed E-state index contributed by atoms with van der Waals surface area (Å²) in [4.78, 5) is 11.6. The first kappa shape index (κ1) is 12.8. The van der Waals surface area contributed by atoms with Crippen LogP contribution in [0, 0.1) is 5.92 Å². The van der Waals surface area contributed by atoms with Gasteiger partial charge in [0.25, 0.3) is 0 Å². The predicted molar refractivity (Wildman–Crippen MR) is 68.6 cm³/mol. The maximum absolute atomic E-state index is 11.6. The molecule has 0 fully saturated rings. The Morgan fingerprint density at radius 1 is 1.56 bits per heavy atom. The van der Waals surface area contributed by atoms with E-state index in [1.54, 1.807) is 18.2 Å². The Kier molecular flexibility index (Phi) is 4.62. The fraction of sp³-hybridized carbons (Fsp3) is 0.417. The standard InChI is InChI=1S/C12H17ClN2O/c1-3-8(2)6-12(16)15-11-5-4-9(14)7-10(11)13/h4-5,7-8H,3,6,14H2,1-2H3,(H,15,16). The minimum Gasteiger partial charge on any atom is -0.399 e. The first-order valence-electron chi connectivity index (χ1n) is 5.37. The van der Waals surface area contributed by atoms with Gasteiger partial charge >= 0.3 is 0 Å². The average Bonchev–Trinajstić information content (AvgIpc) is 2.22. The number of rotatable bonds is 4. The van der Waals surface area contributed by atoms with Crippen molar-refractivity contribution in [1.82, 2.24) is 0 Å². The molecule has 0 aliphatic rings. The Hall–Kier alpha value is -1.22. The second kappa shape index (κ2) is 5.75. The van der Waals surface area contributed by atoms with Crippen molar-refractivity contribution in [3.8, 4) is 0 Å². The number of nitrogens with one attached hydrogen (secondary N) is 1. The van der Waals surface area contributed by atoms with Gasteiger partial charge in [0.1, 0.15) is 0 Å². The second-order valence-corrected chi connectivity index (χ2v) is 4.41. The highest BCUT2D eigenvalue weighted by molar-refractivity contribution is 6.34. The summed E-state index contributed by atoms with van der Waals surface area (Å²) >= 11 is 5.95. The topological polar surface area (TPSA) is 55.1 Å². The number of amides is 1. The third kappa shape index (κ3) is 3.74. The van der Waals surface area contributed by atoms with E-state index in [4.69, 9.17) is 17.3 Å². The molecule has 88 valence electrons. The van der Waals surface area contributed by atoms with Crippen LogP contribution in [0.25, 0.3) is 0 Å². The molecule has 0 saturated carbocycles. The van der Waals surface area contributed by atoms with Crippen molar-refractivity contribution in [1.29, 1.82) is 0 Å². The molecule has 0 spiro atoms. The highest BCUT2D eigenvalue weighted by atomic mass is 35.5. The van der Waals surface area contributed by atoms with Crippen LogP contribution >= 0.6 is 11.6 Å². The summed E-state index contributed by atoms with van der Waals surface area (Å²) in [5, 5.41) is 3.25. The van der Waals surface area contributed by atoms with Crippen LogP contribution in [0.3, 0.4) is 0 Å². The smallest absolute Gasteiger partial charge is 0.224 e. The zero-order valence-corrected chi connectivity index (χ0v) is 10.3. The lowest BCUT2D eigenvalue weighted by Gasteiger charge is -2.10. The van der Waals surface area contributed by atoms with E-state index in [9.17, 15) is 4.79 Å². The third-order valence-electron chi connectivity index (χ3n) is 2.50. The summed E-state index contributed by atoms with van der Waals surface area (Å²) in [6.07, 6.45) is 1.50. The van der Waals surface area contributed by atoms with Crippen molar-refractivity contribution in [2.24, 2.45) is 5.92 Å². The van der Waals surface area contributed by atoms with Gasteiger partial charge in [-0.05, 0) is 24.1 Å². The molecule has 3 N–H and O–H groups in total.